The maximum absolute atomic E-state index is 12.1. The second kappa shape index (κ2) is 7.36. The lowest BCUT2D eigenvalue weighted by Gasteiger charge is -2.23. The lowest BCUT2D eigenvalue weighted by molar-refractivity contribution is -0.125. The van der Waals surface area contributed by atoms with Crippen LogP contribution in [0.3, 0.4) is 0 Å². The van der Waals surface area contributed by atoms with Crippen LogP contribution in [-0.2, 0) is 9.53 Å². The van der Waals surface area contributed by atoms with E-state index in [1.54, 1.807) is 0 Å². The van der Waals surface area contributed by atoms with Crippen LogP contribution in [0.4, 0.5) is 0 Å². The molecule has 104 valence electrons. The molecule has 3 unspecified atom stereocenters. The normalized spacial score (nSPS) is 32.4. The van der Waals surface area contributed by atoms with Gasteiger partial charge in [0.2, 0.25) is 5.91 Å². The predicted molar refractivity (Wildman–Crippen MR) is 74.9 cm³/mol. The molecule has 18 heavy (non-hydrogen) atoms. The van der Waals surface area contributed by atoms with E-state index < -0.39 is 0 Å². The monoisotopic (exact) mass is 272 g/mol. The fourth-order valence-corrected chi connectivity index (χ4v) is 3.83. The molecule has 2 fully saturated rings. The summed E-state index contributed by atoms with van der Waals surface area (Å²) in [6.45, 7) is 4.98. The molecule has 2 aliphatic heterocycles. The summed E-state index contributed by atoms with van der Waals surface area (Å²) in [6, 6.07) is 0.189. The maximum atomic E-state index is 12.1. The summed E-state index contributed by atoms with van der Waals surface area (Å²) in [5.41, 5.74) is 0. The minimum Gasteiger partial charge on any atom is -0.379 e. The van der Waals surface area contributed by atoms with Crippen LogP contribution in [0.1, 0.15) is 26.2 Å². The zero-order valence-electron chi connectivity index (χ0n) is 11.1. The molecule has 0 saturated carbocycles. The maximum Gasteiger partial charge on any atom is 0.227 e. The summed E-state index contributed by atoms with van der Waals surface area (Å²) in [5.74, 6) is 1.38. The van der Waals surface area contributed by atoms with Crippen LogP contribution in [0.5, 0.6) is 0 Å². The Labute approximate surface area is 114 Å². The Balaban J connectivity index is 1.73. The third-order valence-corrected chi connectivity index (χ3v) is 5.06. The van der Waals surface area contributed by atoms with Gasteiger partial charge in [-0.2, -0.15) is 11.8 Å². The lowest BCUT2D eigenvalue weighted by atomic mass is 10.0. The summed E-state index contributed by atoms with van der Waals surface area (Å²) in [4.78, 5) is 12.1. The summed E-state index contributed by atoms with van der Waals surface area (Å²) in [6.07, 6.45) is 3.87. The number of ether oxygens (including phenoxy) is 1. The molecule has 0 aromatic rings. The number of amides is 1. The minimum absolute atomic E-state index is 0.0152. The lowest BCUT2D eigenvalue weighted by Crippen LogP contribution is -2.45. The number of carbonyl (C=O) groups excluding carboxylic acids is 1. The highest BCUT2D eigenvalue weighted by atomic mass is 32.2. The van der Waals surface area contributed by atoms with Crippen LogP contribution in [-0.4, -0.2) is 49.3 Å². The topological polar surface area (TPSA) is 50.4 Å². The summed E-state index contributed by atoms with van der Waals surface area (Å²) >= 11 is 2.00. The van der Waals surface area contributed by atoms with E-state index in [-0.39, 0.29) is 17.9 Å². The number of thioether (sulfide) groups is 1. The van der Waals surface area contributed by atoms with Gasteiger partial charge in [0.25, 0.3) is 0 Å². The third-order valence-electron chi connectivity index (χ3n) is 3.66. The first-order valence-corrected chi connectivity index (χ1v) is 8.06. The van der Waals surface area contributed by atoms with Crippen molar-refractivity contribution in [2.75, 3.05) is 32.1 Å². The van der Waals surface area contributed by atoms with E-state index in [1.807, 2.05) is 11.8 Å². The second-order valence-electron chi connectivity index (χ2n) is 5.04. The molecule has 0 aliphatic carbocycles. The van der Waals surface area contributed by atoms with E-state index in [0.717, 1.165) is 13.1 Å². The Bertz CT molecular complexity index is 270. The highest BCUT2D eigenvalue weighted by Crippen LogP contribution is 2.24. The van der Waals surface area contributed by atoms with Gasteiger partial charge >= 0.3 is 0 Å². The summed E-state index contributed by atoms with van der Waals surface area (Å²) < 4.78 is 5.41. The molecule has 1 amide bonds. The zero-order valence-corrected chi connectivity index (χ0v) is 11.9. The van der Waals surface area contributed by atoms with E-state index in [1.165, 1.54) is 25.0 Å². The van der Waals surface area contributed by atoms with Gasteiger partial charge < -0.3 is 15.4 Å². The third kappa shape index (κ3) is 3.87. The van der Waals surface area contributed by atoms with Crippen molar-refractivity contribution < 1.29 is 9.53 Å². The van der Waals surface area contributed by atoms with Gasteiger partial charge in [0.05, 0.1) is 19.1 Å². The molecule has 2 saturated heterocycles. The highest BCUT2D eigenvalue weighted by Gasteiger charge is 2.33. The number of hydrogen-bond donors (Lipinski definition) is 2. The molecule has 5 heteroatoms. The second-order valence-corrected chi connectivity index (χ2v) is 6.45. The Morgan fingerprint density at radius 1 is 1.39 bits per heavy atom. The molecule has 4 nitrogen and oxygen atoms in total. The fourth-order valence-electron chi connectivity index (χ4n) is 2.59. The van der Waals surface area contributed by atoms with Crippen LogP contribution in [0.15, 0.2) is 0 Å². The average Bonchev–Trinajstić information content (AvgIpc) is 2.86. The van der Waals surface area contributed by atoms with Gasteiger partial charge in [0.15, 0.2) is 0 Å². The van der Waals surface area contributed by atoms with Crippen LogP contribution in [0.2, 0.25) is 0 Å². The largest absolute Gasteiger partial charge is 0.379 e. The Hall–Kier alpha value is -0.260. The predicted octanol–water partition coefficient (Wildman–Crippen LogP) is 1.01. The van der Waals surface area contributed by atoms with Crippen LogP contribution in [0.25, 0.3) is 0 Å². The van der Waals surface area contributed by atoms with Crippen LogP contribution in [0, 0.1) is 5.92 Å². The SMILES string of the molecule is CCNC1COCC1C(=O)NCC1CCCCS1. The highest BCUT2D eigenvalue weighted by molar-refractivity contribution is 7.99. The number of likely N-dealkylation sites (N-methyl/N-ethyl adjacent to an activating group) is 1. The molecular formula is C13H24N2O2S. The van der Waals surface area contributed by atoms with Crippen molar-refractivity contribution in [1.29, 1.82) is 0 Å². The molecule has 3 atom stereocenters. The molecule has 2 aliphatic rings. The molecular weight excluding hydrogens is 248 g/mol. The zero-order chi connectivity index (χ0) is 12.8. The number of hydrogen-bond acceptors (Lipinski definition) is 4. The van der Waals surface area contributed by atoms with Crippen LogP contribution < -0.4 is 10.6 Å². The van der Waals surface area contributed by atoms with Gasteiger partial charge in [0.1, 0.15) is 0 Å². The summed E-state index contributed by atoms with van der Waals surface area (Å²) in [5, 5.41) is 7.04. The van der Waals surface area contributed by atoms with Gasteiger partial charge in [0, 0.05) is 17.8 Å². The van der Waals surface area contributed by atoms with Crippen molar-refractivity contribution in [1.82, 2.24) is 10.6 Å². The van der Waals surface area contributed by atoms with Gasteiger partial charge in [-0.3, -0.25) is 4.79 Å². The van der Waals surface area contributed by atoms with E-state index in [4.69, 9.17) is 4.74 Å². The van der Waals surface area contributed by atoms with E-state index in [0.29, 0.717) is 18.5 Å². The van der Waals surface area contributed by atoms with Crippen molar-refractivity contribution in [3.8, 4) is 0 Å². The van der Waals surface area contributed by atoms with E-state index in [2.05, 4.69) is 17.6 Å². The first kappa shape index (κ1) is 14.2. The Morgan fingerprint density at radius 3 is 3.00 bits per heavy atom. The molecule has 2 N–H and O–H groups in total. The number of nitrogens with one attached hydrogen (secondary N) is 2. The van der Waals surface area contributed by atoms with Crippen molar-refractivity contribution in [3.05, 3.63) is 0 Å². The number of carbonyl (C=O) groups is 1. The first-order valence-electron chi connectivity index (χ1n) is 7.01. The van der Waals surface area contributed by atoms with Crippen LogP contribution >= 0.6 is 11.8 Å². The molecule has 0 radical (unpaired) electrons. The Kier molecular flexibility index (Phi) is 5.79. The van der Waals surface area contributed by atoms with Crippen molar-refractivity contribution in [2.24, 2.45) is 5.92 Å². The van der Waals surface area contributed by atoms with Crippen molar-refractivity contribution in [3.63, 3.8) is 0 Å². The molecule has 0 aromatic carbocycles. The van der Waals surface area contributed by atoms with Gasteiger partial charge in [-0.05, 0) is 25.1 Å². The number of rotatable bonds is 5. The van der Waals surface area contributed by atoms with E-state index >= 15 is 0 Å². The van der Waals surface area contributed by atoms with Gasteiger partial charge in [-0.1, -0.05) is 13.3 Å². The fraction of sp³-hybridized carbons (Fsp3) is 0.923. The first-order chi connectivity index (χ1) is 8.81. The van der Waals surface area contributed by atoms with Crippen molar-refractivity contribution in [2.45, 2.75) is 37.5 Å². The van der Waals surface area contributed by atoms with Gasteiger partial charge in [-0.25, -0.2) is 0 Å². The molecule has 0 aromatic heterocycles. The molecule has 2 rings (SSSR count). The minimum atomic E-state index is -0.0152. The smallest absolute Gasteiger partial charge is 0.227 e. The Morgan fingerprint density at radius 2 is 2.28 bits per heavy atom. The van der Waals surface area contributed by atoms with Crippen molar-refractivity contribution >= 4 is 17.7 Å². The average molecular weight is 272 g/mol. The summed E-state index contributed by atoms with van der Waals surface area (Å²) in [7, 11) is 0. The quantitative estimate of drug-likeness (QED) is 0.784. The standard InChI is InChI=1S/C13H24N2O2S/c1-2-14-12-9-17-8-11(12)13(16)15-7-10-5-3-4-6-18-10/h10-12,14H,2-9H2,1H3,(H,15,16). The molecule has 0 bridgehead atoms. The molecule has 2 heterocycles. The molecule has 0 spiro atoms. The van der Waals surface area contributed by atoms with Gasteiger partial charge in [-0.15, -0.1) is 0 Å². The van der Waals surface area contributed by atoms with E-state index in [9.17, 15) is 4.79 Å².